The molecule has 0 saturated carbocycles. The number of esters is 1. The SMILES string of the molecule is COCCOC(=O)Oc1ccc(OC(C)=O)cc1. The first kappa shape index (κ1) is 14.0. The molecule has 0 radical (unpaired) electrons. The Bertz CT molecular complexity index is 398. The van der Waals surface area contributed by atoms with E-state index in [1.54, 1.807) is 0 Å². The summed E-state index contributed by atoms with van der Waals surface area (Å²) < 4.78 is 19.1. The van der Waals surface area contributed by atoms with Gasteiger partial charge in [-0.05, 0) is 24.3 Å². The quantitative estimate of drug-likeness (QED) is 0.345. The van der Waals surface area contributed by atoms with Crippen LogP contribution >= 0.6 is 0 Å². The largest absolute Gasteiger partial charge is 0.513 e. The molecule has 1 aromatic rings. The van der Waals surface area contributed by atoms with Crippen molar-refractivity contribution in [2.45, 2.75) is 6.92 Å². The van der Waals surface area contributed by atoms with Gasteiger partial charge in [0.15, 0.2) is 0 Å². The van der Waals surface area contributed by atoms with E-state index < -0.39 is 12.1 Å². The zero-order valence-electron chi connectivity index (χ0n) is 10.2. The molecule has 0 atom stereocenters. The summed E-state index contributed by atoms with van der Waals surface area (Å²) in [5.41, 5.74) is 0. The molecule has 0 saturated heterocycles. The van der Waals surface area contributed by atoms with Crippen LogP contribution in [0.3, 0.4) is 0 Å². The fraction of sp³-hybridized carbons (Fsp3) is 0.333. The Morgan fingerprint density at radius 2 is 1.56 bits per heavy atom. The minimum atomic E-state index is -0.813. The predicted molar refractivity (Wildman–Crippen MR) is 61.6 cm³/mol. The van der Waals surface area contributed by atoms with Crippen molar-refractivity contribution in [3.05, 3.63) is 24.3 Å². The molecule has 0 bridgehead atoms. The summed E-state index contributed by atoms with van der Waals surface area (Å²) in [6, 6.07) is 6.02. The Hall–Kier alpha value is -2.08. The minimum absolute atomic E-state index is 0.126. The van der Waals surface area contributed by atoms with Gasteiger partial charge in [0, 0.05) is 14.0 Å². The summed E-state index contributed by atoms with van der Waals surface area (Å²) in [6.07, 6.45) is -0.813. The van der Waals surface area contributed by atoms with Gasteiger partial charge in [-0.2, -0.15) is 0 Å². The van der Waals surface area contributed by atoms with Gasteiger partial charge in [-0.1, -0.05) is 0 Å². The van der Waals surface area contributed by atoms with Crippen LogP contribution in [0.4, 0.5) is 4.79 Å². The number of ether oxygens (including phenoxy) is 4. The van der Waals surface area contributed by atoms with E-state index in [1.165, 1.54) is 38.3 Å². The van der Waals surface area contributed by atoms with E-state index in [0.717, 1.165) is 0 Å². The fourth-order valence-electron chi connectivity index (χ4n) is 1.08. The van der Waals surface area contributed by atoms with Gasteiger partial charge in [-0.3, -0.25) is 4.79 Å². The van der Waals surface area contributed by atoms with E-state index in [4.69, 9.17) is 18.9 Å². The maximum atomic E-state index is 11.2. The first-order valence-corrected chi connectivity index (χ1v) is 5.24. The Kier molecular flexibility index (Phi) is 5.66. The summed E-state index contributed by atoms with van der Waals surface area (Å²) in [4.78, 5) is 21.8. The summed E-state index contributed by atoms with van der Waals surface area (Å²) in [6.45, 7) is 1.74. The lowest BCUT2D eigenvalue weighted by Crippen LogP contribution is -2.13. The molecular weight excluding hydrogens is 240 g/mol. The Balaban J connectivity index is 2.43. The highest BCUT2D eigenvalue weighted by molar-refractivity contribution is 5.69. The number of benzene rings is 1. The molecule has 1 rings (SSSR count). The molecule has 0 amide bonds. The van der Waals surface area contributed by atoms with Crippen LogP contribution in [-0.2, 0) is 14.3 Å². The second-order valence-electron chi connectivity index (χ2n) is 3.26. The molecule has 0 N–H and O–H groups in total. The van der Waals surface area contributed by atoms with E-state index in [9.17, 15) is 9.59 Å². The van der Waals surface area contributed by atoms with Crippen LogP contribution in [0.25, 0.3) is 0 Å². The maximum absolute atomic E-state index is 11.2. The molecule has 0 spiro atoms. The Morgan fingerprint density at radius 3 is 2.06 bits per heavy atom. The van der Waals surface area contributed by atoms with Crippen molar-refractivity contribution in [2.75, 3.05) is 20.3 Å². The van der Waals surface area contributed by atoms with Gasteiger partial charge in [-0.25, -0.2) is 4.79 Å². The number of rotatable bonds is 5. The van der Waals surface area contributed by atoms with Crippen molar-refractivity contribution in [1.82, 2.24) is 0 Å². The molecule has 1 aromatic carbocycles. The van der Waals surface area contributed by atoms with Gasteiger partial charge in [0.25, 0.3) is 0 Å². The summed E-state index contributed by atoms with van der Waals surface area (Å²) in [5.74, 6) is 0.263. The smallest absolute Gasteiger partial charge is 0.432 e. The summed E-state index contributed by atoms with van der Waals surface area (Å²) in [7, 11) is 1.50. The van der Waals surface area contributed by atoms with Crippen LogP contribution in [0, 0.1) is 0 Å². The maximum Gasteiger partial charge on any atom is 0.513 e. The summed E-state index contributed by atoms with van der Waals surface area (Å²) >= 11 is 0. The molecule has 0 aromatic heterocycles. The van der Waals surface area contributed by atoms with Crippen molar-refractivity contribution in [1.29, 1.82) is 0 Å². The molecule has 0 heterocycles. The lowest BCUT2D eigenvalue weighted by Gasteiger charge is -2.06. The van der Waals surface area contributed by atoms with E-state index in [-0.39, 0.29) is 6.61 Å². The molecule has 18 heavy (non-hydrogen) atoms. The third kappa shape index (κ3) is 5.31. The molecule has 0 aliphatic carbocycles. The van der Waals surface area contributed by atoms with Crippen molar-refractivity contribution in [3.8, 4) is 11.5 Å². The minimum Gasteiger partial charge on any atom is -0.432 e. The topological polar surface area (TPSA) is 71.1 Å². The van der Waals surface area contributed by atoms with E-state index in [0.29, 0.717) is 18.1 Å². The normalized spacial score (nSPS) is 9.67. The van der Waals surface area contributed by atoms with Gasteiger partial charge in [0.05, 0.1) is 6.61 Å². The van der Waals surface area contributed by atoms with Crippen LogP contribution in [0.1, 0.15) is 6.92 Å². The number of methoxy groups -OCH3 is 1. The highest BCUT2D eigenvalue weighted by Gasteiger charge is 2.06. The average Bonchev–Trinajstić information content (AvgIpc) is 2.31. The van der Waals surface area contributed by atoms with Gasteiger partial charge in [0.2, 0.25) is 0 Å². The van der Waals surface area contributed by atoms with Gasteiger partial charge in [-0.15, -0.1) is 0 Å². The molecular formula is C12H14O6. The van der Waals surface area contributed by atoms with Crippen molar-refractivity contribution in [3.63, 3.8) is 0 Å². The third-order valence-electron chi connectivity index (χ3n) is 1.79. The van der Waals surface area contributed by atoms with Crippen LogP contribution in [-0.4, -0.2) is 32.4 Å². The van der Waals surface area contributed by atoms with Gasteiger partial charge < -0.3 is 18.9 Å². The number of hydrogen-bond donors (Lipinski definition) is 0. The van der Waals surface area contributed by atoms with Crippen LogP contribution in [0.2, 0.25) is 0 Å². The van der Waals surface area contributed by atoms with Gasteiger partial charge in [0.1, 0.15) is 18.1 Å². The molecule has 0 aliphatic heterocycles. The van der Waals surface area contributed by atoms with Crippen molar-refractivity contribution in [2.24, 2.45) is 0 Å². The van der Waals surface area contributed by atoms with Crippen molar-refractivity contribution < 1.29 is 28.5 Å². The Morgan fingerprint density at radius 1 is 1.00 bits per heavy atom. The highest BCUT2D eigenvalue weighted by Crippen LogP contribution is 2.18. The van der Waals surface area contributed by atoms with Crippen molar-refractivity contribution >= 4 is 12.1 Å². The Labute approximate surface area is 104 Å². The first-order valence-electron chi connectivity index (χ1n) is 5.24. The average molecular weight is 254 g/mol. The lowest BCUT2D eigenvalue weighted by molar-refractivity contribution is -0.131. The molecule has 0 aliphatic rings. The lowest BCUT2D eigenvalue weighted by atomic mass is 10.3. The molecule has 0 unspecified atom stereocenters. The van der Waals surface area contributed by atoms with E-state index in [1.807, 2.05) is 0 Å². The highest BCUT2D eigenvalue weighted by atomic mass is 16.7. The predicted octanol–water partition coefficient (Wildman–Crippen LogP) is 1.77. The zero-order valence-corrected chi connectivity index (χ0v) is 10.2. The second-order valence-corrected chi connectivity index (χ2v) is 3.26. The third-order valence-corrected chi connectivity index (χ3v) is 1.79. The molecule has 6 heteroatoms. The van der Waals surface area contributed by atoms with Crippen LogP contribution in [0.15, 0.2) is 24.3 Å². The number of hydrogen-bond acceptors (Lipinski definition) is 6. The zero-order chi connectivity index (χ0) is 13.4. The monoisotopic (exact) mass is 254 g/mol. The molecule has 6 nitrogen and oxygen atoms in total. The first-order chi connectivity index (χ1) is 8.61. The fourth-order valence-corrected chi connectivity index (χ4v) is 1.08. The van der Waals surface area contributed by atoms with E-state index >= 15 is 0 Å². The molecule has 0 fully saturated rings. The number of carbonyl (C=O) groups is 2. The van der Waals surface area contributed by atoms with Crippen LogP contribution in [0.5, 0.6) is 11.5 Å². The molecule has 98 valence electrons. The standard InChI is InChI=1S/C12H14O6/c1-9(13)17-10-3-5-11(6-4-10)18-12(14)16-8-7-15-2/h3-6H,7-8H2,1-2H3. The van der Waals surface area contributed by atoms with E-state index in [2.05, 4.69) is 0 Å². The summed E-state index contributed by atoms with van der Waals surface area (Å²) in [5, 5.41) is 0. The second kappa shape index (κ2) is 7.29. The number of carbonyl (C=O) groups excluding carboxylic acids is 2. The van der Waals surface area contributed by atoms with Gasteiger partial charge >= 0.3 is 12.1 Å². The van der Waals surface area contributed by atoms with Crippen LogP contribution < -0.4 is 9.47 Å².